The molecular formula is C32H36F3N3O6S. The number of piperidine rings is 1. The van der Waals surface area contributed by atoms with Gasteiger partial charge in [0.05, 0.1) is 36.0 Å². The first-order chi connectivity index (χ1) is 21.3. The third-order valence-corrected chi connectivity index (χ3v) is 9.88. The largest absolute Gasteiger partial charge is 0.416 e. The molecule has 45 heavy (non-hydrogen) atoms. The van der Waals surface area contributed by atoms with E-state index in [2.05, 4.69) is 5.32 Å². The van der Waals surface area contributed by atoms with E-state index in [1.165, 1.54) is 38.4 Å². The molecule has 4 rings (SSSR count). The van der Waals surface area contributed by atoms with E-state index < -0.39 is 46.2 Å². The van der Waals surface area contributed by atoms with E-state index in [0.29, 0.717) is 30.6 Å². The molecule has 0 radical (unpaired) electrons. The Morgan fingerprint density at radius 1 is 1.02 bits per heavy atom. The summed E-state index contributed by atoms with van der Waals surface area (Å²) < 4.78 is 63.5. The van der Waals surface area contributed by atoms with E-state index in [1.54, 1.807) is 43.3 Å². The summed E-state index contributed by atoms with van der Waals surface area (Å²) in [5, 5.41) is 13.8. The quantitative estimate of drug-likeness (QED) is 0.306. The SMILES string of the molecule is CCS(=O)(=O)c1ccc([C@H](CO)NC(=O)c2ccc(N3CC(c4ccc(C(F)(F)F)cc4)CC[C@H]3C(=O)N(C)OC)cc2)cc1. The predicted octanol–water partition coefficient (Wildman–Crippen LogP) is 4.73. The maximum Gasteiger partial charge on any atom is 0.416 e. The second-order valence-corrected chi connectivity index (χ2v) is 13.1. The van der Waals surface area contributed by atoms with Crippen molar-refractivity contribution in [1.82, 2.24) is 10.4 Å². The molecule has 1 saturated heterocycles. The minimum atomic E-state index is -4.44. The first kappa shape index (κ1) is 33.9. The van der Waals surface area contributed by atoms with Crippen LogP contribution in [0.2, 0.25) is 0 Å². The lowest BCUT2D eigenvalue weighted by molar-refractivity contribution is -0.170. The minimum absolute atomic E-state index is 0.0480. The summed E-state index contributed by atoms with van der Waals surface area (Å²) in [4.78, 5) is 33.4. The number of sulfone groups is 1. The van der Waals surface area contributed by atoms with Gasteiger partial charge in [-0.15, -0.1) is 0 Å². The normalized spacial score (nSPS) is 17.9. The van der Waals surface area contributed by atoms with Gasteiger partial charge >= 0.3 is 6.18 Å². The molecular weight excluding hydrogens is 611 g/mol. The number of amides is 2. The number of halogens is 3. The fourth-order valence-electron chi connectivity index (χ4n) is 5.38. The zero-order valence-electron chi connectivity index (χ0n) is 25.1. The molecule has 2 amide bonds. The van der Waals surface area contributed by atoms with Crippen molar-refractivity contribution < 1.29 is 41.1 Å². The number of hydroxylamine groups is 2. The Morgan fingerprint density at radius 2 is 1.64 bits per heavy atom. The van der Waals surface area contributed by atoms with Crippen LogP contribution in [0, 0.1) is 0 Å². The van der Waals surface area contributed by atoms with Gasteiger partial charge in [-0.05, 0) is 72.5 Å². The van der Waals surface area contributed by atoms with Crippen molar-refractivity contribution in [3.05, 3.63) is 95.1 Å². The van der Waals surface area contributed by atoms with E-state index in [0.717, 1.165) is 22.8 Å². The van der Waals surface area contributed by atoms with Gasteiger partial charge in [-0.2, -0.15) is 13.2 Å². The van der Waals surface area contributed by atoms with Crippen LogP contribution in [-0.2, 0) is 25.6 Å². The molecule has 13 heteroatoms. The second kappa shape index (κ2) is 14.0. The van der Waals surface area contributed by atoms with Crippen LogP contribution in [0.3, 0.4) is 0 Å². The molecule has 242 valence electrons. The number of rotatable bonds is 10. The summed E-state index contributed by atoms with van der Waals surface area (Å²) in [6.07, 6.45) is -3.44. The average molecular weight is 648 g/mol. The Balaban J connectivity index is 1.53. The highest BCUT2D eigenvalue weighted by Gasteiger charge is 2.36. The van der Waals surface area contributed by atoms with Crippen LogP contribution < -0.4 is 10.2 Å². The number of hydrogen-bond acceptors (Lipinski definition) is 7. The number of likely N-dealkylation sites (N-methyl/N-ethyl adjacent to an activating group) is 1. The number of anilines is 1. The van der Waals surface area contributed by atoms with Gasteiger partial charge in [0.25, 0.3) is 11.8 Å². The van der Waals surface area contributed by atoms with Gasteiger partial charge in [-0.3, -0.25) is 14.4 Å². The zero-order valence-corrected chi connectivity index (χ0v) is 25.9. The summed E-state index contributed by atoms with van der Waals surface area (Å²) in [6, 6.07) is 16.2. The number of aliphatic hydroxyl groups is 1. The van der Waals surface area contributed by atoms with Crippen LogP contribution in [0.25, 0.3) is 0 Å². The average Bonchev–Trinajstić information content (AvgIpc) is 3.05. The fraction of sp³-hybridized carbons (Fsp3) is 0.375. The molecule has 3 aromatic rings. The summed E-state index contributed by atoms with van der Waals surface area (Å²) in [6.45, 7) is 1.48. The molecule has 0 spiro atoms. The number of alkyl halides is 3. The van der Waals surface area contributed by atoms with E-state index >= 15 is 0 Å². The topological polar surface area (TPSA) is 116 Å². The Hall–Kier alpha value is -3.94. The Labute approximate surface area is 260 Å². The minimum Gasteiger partial charge on any atom is -0.394 e. The third-order valence-electron chi connectivity index (χ3n) is 8.13. The van der Waals surface area contributed by atoms with Gasteiger partial charge < -0.3 is 15.3 Å². The molecule has 0 bridgehead atoms. The maximum atomic E-state index is 13.2. The van der Waals surface area contributed by atoms with Crippen molar-refractivity contribution in [3.63, 3.8) is 0 Å². The van der Waals surface area contributed by atoms with Crippen molar-refractivity contribution in [2.75, 3.05) is 38.0 Å². The van der Waals surface area contributed by atoms with E-state index in [1.807, 2.05) is 4.90 Å². The third kappa shape index (κ3) is 7.84. The zero-order chi connectivity index (χ0) is 32.9. The number of benzene rings is 3. The lowest BCUT2D eigenvalue weighted by Crippen LogP contribution is -2.51. The van der Waals surface area contributed by atoms with E-state index in [-0.39, 0.29) is 28.0 Å². The second-order valence-electron chi connectivity index (χ2n) is 10.8. The van der Waals surface area contributed by atoms with Gasteiger partial charge in [0.2, 0.25) is 0 Å². The van der Waals surface area contributed by atoms with Gasteiger partial charge in [0, 0.05) is 30.8 Å². The lowest BCUT2D eigenvalue weighted by Gasteiger charge is -2.41. The molecule has 1 fully saturated rings. The van der Waals surface area contributed by atoms with Crippen LogP contribution in [0.1, 0.15) is 58.8 Å². The van der Waals surface area contributed by atoms with E-state index in [4.69, 9.17) is 4.84 Å². The lowest BCUT2D eigenvalue weighted by atomic mass is 9.86. The summed E-state index contributed by atoms with van der Waals surface area (Å²) in [5.74, 6) is -0.947. The fourth-order valence-corrected chi connectivity index (χ4v) is 6.27. The van der Waals surface area contributed by atoms with Crippen LogP contribution in [0.4, 0.5) is 18.9 Å². The molecule has 0 aliphatic carbocycles. The van der Waals surface area contributed by atoms with Crippen LogP contribution >= 0.6 is 0 Å². The molecule has 1 aliphatic rings. The smallest absolute Gasteiger partial charge is 0.394 e. The molecule has 0 saturated carbocycles. The van der Waals surface area contributed by atoms with Gasteiger partial charge in [-0.25, -0.2) is 13.5 Å². The first-order valence-electron chi connectivity index (χ1n) is 14.4. The van der Waals surface area contributed by atoms with Crippen LogP contribution in [0.15, 0.2) is 77.7 Å². The van der Waals surface area contributed by atoms with Gasteiger partial charge in [0.1, 0.15) is 6.04 Å². The number of carbonyl (C=O) groups is 2. The van der Waals surface area contributed by atoms with Crippen molar-refractivity contribution in [1.29, 1.82) is 0 Å². The Morgan fingerprint density at radius 3 is 2.18 bits per heavy atom. The van der Waals surface area contributed by atoms with Gasteiger partial charge in [-0.1, -0.05) is 31.2 Å². The molecule has 3 aromatic carbocycles. The van der Waals surface area contributed by atoms with Crippen molar-refractivity contribution in [2.24, 2.45) is 0 Å². The number of nitrogens with one attached hydrogen (secondary N) is 1. The first-order valence-corrected chi connectivity index (χ1v) is 16.0. The predicted molar refractivity (Wildman–Crippen MR) is 162 cm³/mol. The number of carbonyl (C=O) groups excluding carboxylic acids is 2. The molecule has 0 aromatic heterocycles. The van der Waals surface area contributed by atoms with Crippen molar-refractivity contribution in [3.8, 4) is 0 Å². The molecule has 1 unspecified atom stereocenters. The van der Waals surface area contributed by atoms with Crippen molar-refractivity contribution >= 4 is 27.3 Å². The highest BCUT2D eigenvalue weighted by atomic mass is 32.2. The molecule has 1 heterocycles. The number of nitrogens with zero attached hydrogens (tertiary/aromatic N) is 2. The standard InChI is InChI=1S/C32H36F3N3O6S/c1-4-45(42,43)27-16-9-22(10-17-27)28(20-39)36-30(40)23-7-14-26(15-8-23)38-19-24(11-18-29(38)31(41)37(2)44-3)21-5-12-25(13-6-21)32(33,34)35/h5-10,12-17,24,28-29,39H,4,11,18-20H2,1-3H3,(H,36,40)/t24?,28-,29-/m0/s1. The number of aliphatic hydroxyl groups excluding tert-OH is 1. The van der Waals surface area contributed by atoms with Gasteiger partial charge in [0.15, 0.2) is 9.84 Å². The maximum absolute atomic E-state index is 13.2. The Kier molecular flexibility index (Phi) is 10.6. The molecule has 3 atom stereocenters. The van der Waals surface area contributed by atoms with E-state index in [9.17, 15) is 36.3 Å². The molecule has 9 nitrogen and oxygen atoms in total. The van der Waals surface area contributed by atoms with Crippen LogP contribution in [0.5, 0.6) is 0 Å². The highest BCUT2D eigenvalue weighted by molar-refractivity contribution is 7.91. The van der Waals surface area contributed by atoms with Crippen molar-refractivity contribution in [2.45, 2.75) is 48.8 Å². The Bertz CT molecular complexity index is 1580. The highest BCUT2D eigenvalue weighted by Crippen LogP contribution is 2.36. The molecule has 1 aliphatic heterocycles. The summed E-state index contributed by atoms with van der Waals surface area (Å²) in [7, 11) is -0.511. The molecule has 2 N–H and O–H groups in total. The summed E-state index contributed by atoms with van der Waals surface area (Å²) >= 11 is 0. The monoisotopic (exact) mass is 647 g/mol. The summed E-state index contributed by atoms with van der Waals surface area (Å²) in [5.41, 5.74) is 1.45. The van der Waals surface area contributed by atoms with Crippen LogP contribution in [-0.4, -0.2) is 69.5 Å². The number of hydrogen-bond donors (Lipinski definition) is 2.